The fourth-order valence-electron chi connectivity index (χ4n) is 2.89. The number of hydrogen-bond donors (Lipinski definition) is 1. The van der Waals surface area contributed by atoms with Gasteiger partial charge in [0.25, 0.3) is 0 Å². The van der Waals surface area contributed by atoms with E-state index in [9.17, 15) is 9.59 Å². The molecule has 6 heteroatoms. The van der Waals surface area contributed by atoms with Gasteiger partial charge in [-0.15, -0.1) is 0 Å². The molecule has 0 bridgehead atoms. The van der Waals surface area contributed by atoms with Crippen molar-refractivity contribution >= 4 is 17.7 Å². The van der Waals surface area contributed by atoms with Crippen LogP contribution in [0.15, 0.2) is 18.2 Å². The van der Waals surface area contributed by atoms with Crippen LogP contribution in [0.4, 0.5) is 10.5 Å². The second-order valence-corrected chi connectivity index (χ2v) is 5.46. The topological polar surface area (TPSA) is 70.1 Å². The van der Waals surface area contributed by atoms with Crippen LogP contribution in [0, 0.1) is 0 Å². The number of fused-ring (bicyclic) bond motifs is 1. The van der Waals surface area contributed by atoms with Gasteiger partial charge >= 0.3 is 12.0 Å². The Labute approximate surface area is 122 Å². The zero-order chi connectivity index (χ0) is 15.0. The number of anilines is 1. The molecule has 2 heterocycles. The van der Waals surface area contributed by atoms with Crippen LogP contribution in [0.2, 0.25) is 0 Å². The van der Waals surface area contributed by atoms with Gasteiger partial charge in [0.15, 0.2) is 0 Å². The van der Waals surface area contributed by atoms with Gasteiger partial charge < -0.3 is 14.7 Å². The highest BCUT2D eigenvalue weighted by atomic mass is 16.5. The van der Waals surface area contributed by atoms with Gasteiger partial charge in [0.05, 0.1) is 18.2 Å². The van der Waals surface area contributed by atoms with Gasteiger partial charge in [-0.2, -0.15) is 0 Å². The van der Waals surface area contributed by atoms with Crippen LogP contribution in [0.5, 0.6) is 0 Å². The van der Waals surface area contributed by atoms with E-state index in [-0.39, 0.29) is 17.6 Å². The van der Waals surface area contributed by atoms with E-state index in [4.69, 9.17) is 9.84 Å². The van der Waals surface area contributed by atoms with Crippen molar-refractivity contribution in [3.63, 3.8) is 0 Å². The predicted octanol–water partition coefficient (Wildman–Crippen LogP) is 1.59. The standard InChI is InChI=1S/C15H18N2O4/c1-16(12-5-7-21-9-12)15(20)17-6-4-10-2-3-11(14(18)19)8-13(10)17/h2-3,8,12H,4-7,9H2,1H3,(H,18,19). The van der Waals surface area contributed by atoms with Crippen LogP contribution in [-0.2, 0) is 11.2 Å². The average Bonchev–Trinajstić information content (AvgIpc) is 3.14. The number of amides is 2. The fraction of sp³-hybridized carbons (Fsp3) is 0.467. The van der Waals surface area contributed by atoms with E-state index in [0.29, 0.717) is 25.4 Å². The highest BCUT2D eigenvalue weighted by molar-refractivity contribution is 5.97. The second kappa shape index (κ2) is 5.37. The van der Waals surface area contributed by atoms with E-state index in [0.717, 1.165) is 18.4 Å². The Kier molecular flexibility index (Phi) is 3.55. The van der Waals surface area contributed by atoms with Crippen LogP contribution in [-0.4, -0.2) is 54.9 Å². The maximum absolute atomic E-state index is 12.6. The molecule has 2 aliphatic rings. The lowest BCUT2D eigenvalue weighted by molar-refractivity contribution is 0.0697. The van der Waals surface area contributed by atoms with Crippen molar-refractivity contribution < 1.29 is 19.4 Å². The highest BCUT2D eigenvalue weighted by Crippen LogP contribution is 2.30. The zero-order valence-electron chi connectivity index (χ0n) is 11.9. The molecule has 1 N–H and O–H groups in total. The minimum Gasteiger partial charge on any atom is -0.478 e. The van der Waals surface area contributed by atoms with Crippen molar-refractivity contribution in [3.05, 3.63) is 29.3 Å². The number of urea groups is 1. The maximum Gasteiger partial charge on any atom is 0.335 e. The molecular weight excluding hydrogens is 272 g/mol. The third-order valence-electron chi connectivity index (χ3n) is 4.21. The van der Waals surface area contributed by atoms with Crippen LogP contribution in [0.3, 0.4) is 0 Å². The van der Waals surface area contributed by atoms with Crippen LogP contribution in [0.1, 0.15) is 22.3 Å². The molecule has 0 spiro atoms. The number of likely N-dealkylation sites (N-methyl/N-ethyl adjacent to an activating group) is 1. The number of hydrogen-bond acceptors (Lipinski definition) is 3. The number of carbonyl (C=O) groups excluding carboxylic acids is 1. The Morgan fingerprint density at radius 1 is 1.43 bits per heavy atom. The molecule has 6 nitrogen and oxygen atoms in total. The third-order valence-corrected chi connectivity index (χ3v) is 4.21. The number of benzene rings is 1. The molecule has 1 aromatic rings. The first-order valence-electron chi connectivity index (χ1n) is 7.06. The normalized spacial score (nSPS) is 20.4. The van der Waals surface area contributed by atoms with Crippen LogP contribution >= 0.6 is 0 Å². The van der Waals surface area contributed by atoms with Crippen LogP contribution in [0.25, 0.3) is 0 Å². The average molecular weight is 290 g/mol. The first kappa shape index (κ1) is 13.9. The van der Waals surface area contributed by atoms with E-state index in [1.54, 1.807) is 35.0 Å². The van der Waals surface area contributed by atoms with Crippen molar-refractivity contribution in [1.29, 1.82) is 0 Å². The van der Waals surface area contributed by atoms with Crippen molar-refractivity contribution in [2.24, 2.45) is 0 Å². The molecule has 0 radical (unpaired) electrons. The molecular formula is C15H18N2O4. The minimum atomic E-state index is -0.977. The maximum atomic E-state index is 12.6. The largest absolute Gasteiger partial charge is 0.478 e. The van der Waals surface area contributed by atoms with E-state index in [1.807, 2.05) is 0 Å². The summed E-state index contributed by atoms with van der Waals surface area (Å²) in [6.45, 7) is 1.84. The molecule has 1 atom stereocenters. The number of aromatic carboxylic acids is 1. The first-order valence-corrected chi connectivity index (χ1v) is 7.06. The van der Waals surface area contributed by atoms with E-state index >= 15 is 0 Å². The summed E-state index contributed by atoms with van der Waals surface area (Å²) in [5, 5.41) is 9.09. The Morgan fingerprint density at radius 2 is 2.24 bits per heavy atom. The Hall–Kier alpha value is -2.08. The summed E-state index contributed by atoms with van der Waals surface area (Å²) >= 11 is 0. The molecule has 1 fully saturated rings. The first-order chi connectivity index (χ1) is 10.1. The lowest BCUT2D eigenvalue weighted by Crippen LogP contribution is -2.45. The molecule has 0 saturated carbocycles. The highest BCUT2D eigenvalue weighted by Gasteiger charge is 2.32. The second-order valence-electron chi connectivity index (χ2n) is 5.46. The summed E-state index contributed by atoms with van der Waals surface area (Å²) in [6, 6.07) is 4.98. The number of nitrogens with zero attached hydrogens (tertiary/aromatic N) is 2. The van der Waals surface area contributed by atoms with Crippen LogP contribution < -0.4 is 4.90 Å². The summed E-state index contributed by atoms with van der Waals surface area (Å²) < 4.78 is 5.32. The lowest BCUT2D eigenvalue weighted by Gasteiger charge is -2.29. The van der Waals surface area contributed by atoms with Crippen molar-refractivity contribution in [1.82, 2.24) is 4.90 Å². The Balaban J connectivity index is 1.84. The number of ether oxygens (including phenoxy) is 1. The van der Waals surface area contributed by atoms with Gasteiger partial charge in [-0.1, -0.05) is 6.07 Å². The monoisotopic (exact) mass is 290 g/mol. The quantitative estimate of drug-likeness (QED) is 0.898. The fourth-order valence-corrected chi connectivity index (χ4v) is 2.89. The Bertz CT molecular complexity index is 581. The van der Waals surface area contributed by atoms with Gasteiger partial charge in [0.2, 0.25) is 0 Å². The molecule has 2 aliphatic heterocycles. The predicted molar refractivity (Wildman–Crippen MR) is 76.8 cm³/mol. The number of carbonyl (C=O) groups is 2. The van der Waals surface area contributed by atoms with E-state index in [2.05, 4.69) is 0 Å². The molecule has 112 valence electrons. The SMILES string of the molecule is CN(C(=O)N1CCc2ccc(C(=O)O)cc21)C1CCOC1. The van der Waals surface area contributed by atoms with Gasteiger partial charge in [-0.25, -0.2) is 9.59 Å². The molecule has 3 rings (SSSR count). The summed E-state index contributed by atoms with van der Waals surface area (Å²) in [5.41, 5.74) is 1.94. The lowest BCUT2D eigenvalue weighted by atomic mass is 10.1. The van der Waals surface area contributed by atoms with Gasteiger partial charge in [0.1, 0.15) is 0 Å². The molecule has 1 aromatic carbocycles. The van der Waals surface area contributed by atoms with Gasteiger partial charge in [-0.3, -0.25) is 4.90 Å². The van der Waals surface area contributed by atoms with Gasteiger partial charge in [0, 0.05) is 25.9 Å². The van der Waals surface area contributed by atoms with Crippen molar-refractivity contribution in [3.8, 4) is 0 Å². The number of carboxylic acid groups (broad SMARTS) is 1. The Morgan fingerprint density at radius 3 is 2.90 bits per heavy atom. The van der Waals surface area contributed by atoms with Crippen molar-refractivity contribution in [2.45, 2.75) is 18.9 Å². The minimum absolute atomic E-state index is 0.0909. The molecule has 1 unspecified atom stereocenters. The summed E-state index contributed by atoms with van der Waals surface area (Å²) in [6.07, 6.45) is 1.61. The number of rotatable bonds is 2. The zero-order valence-corrected chi connectivity index (χ0v) is 11.9. The molecule has 1 saturated heterocycles. The number of carboxylic acids is 1. The summed E-state index contributed by atoms with van der Waals surface area (Å²) in [4.78, 5) is 27.1. The van der Waals surface area contributed by atoms with Crippen molar-refractivity contribution in [2.75, 3.05) is 31.7 Å². The third kappa shape index (κ3) is 2.47. The molecule has 21 heavy (non-hydrogen) atoms. The van der Waals surface area contributed by atoms with E-state index < -0.39 is 5.97 Å². The molecule has 2 amide bonds. The van der Waals surface area contributed by atoms with Gasteiger partial charge in [-0.05, 0) is 30.5 Å². The summed E-state index contributed by atoms with van der Waals surface area (Å²) in [5.74, 6) is -0.977. The smallest absolute Gasteiger partial charge is 0.335 e. The van der Waals surface area contributed by atoms with E-state index in [1.165, 1.54) is 0 Å². The molecule has 0 aromatic heterocycles. The molecule has 0 aliphatic carbocycles. The summed E-state index contributed by atoms with van der Waals surface area (Å²) in [7, 11) is 1.78.